The lowest BCUT2D eigenvalue weighted by Gasteiger charge is -2.18. The number of rotatable bonds is 8. The number of allylic oxidation sites excluding steroid dienone is 10. The Morgan fingerprint density at radius 2 is 0.568 bits per heavy atom. The third kappa shape index (κ3) is 8.19. The Labute approximate surface area is 424 Å². The van der Waals surface area contributed by atoms with Crippen LogP contribution in [0.1, 0.15) is 45.0 Å². The summed E-state index contributed by atoms with van der Waals surface area (Å²) in [7, 11) is 0. The average Bonchev–Trinajstić information content (AvgIpc) is 4.00. The van der Waals surface area contributed by atoms with Crippen LogP contribution < -0.4 is 0 Å². The maximum absolute atomic E-state index is 11.8. The van der Waals surface area contributed by atoms with Gasteiger partial charge in [-0.25, -0.2) is 19.9 Å². The van der Waals surface area contributed by atoms with Crippen LogP contribution in [0.2, 0.25) is 0 Å². The average molecular weight is 941 g/mol. The van der Waals surface area contributed by atoms with Gasteiger partial charge in [0.2, 0.25) is 0 Å². The molecule has 0 saturated heterocycles. The van der Waals surface area contributed by atoms with Gasteiger partial charge in [0.25, 0.3) is 0 Å². The molecule has 8 aromatic rings. The highest BCUT2D eigenvalue weighted by molar-refractivity contribution is 6.16. The second-order valence-corrected chi connectivity index (χ2v) is 16.6. The normalized spacial score (nSPS) is 13.7. The summed E-state index contributed by atoms with van der Waals surface area (Å²) in [5.41, 5.74) is 4.47. The van der Waals surface area contributed by atoms with Gasteiger partial charge in [0.1, 0.15) is 24.3 Å². The van der Waals surface area contributed by atoms with Crippen molar-refractivity contribution in [3.05, 3.63) is 248 Å². The van der Waals surface area contributed by atoms with Crippen LogP contribution in [0.4, 0.5) is 0 Å². The molecule has 2 aliphatic carbocycles. The molecule has 74 heavy (non-hydrogen) atoms. The SMILES string of the molecule is N#CC1=C(c2nc(-c3ccccc3)cc(-c3ccccc3)n2)/C(=C(\C#N)c2cc(C#N)cc(C#N)c2)C2=C1/C(=C(/C#N)c1cc(C#N)cc(C#N)c1)C(c1nc(-c3ccccc3)cc(-c3ccccc3)n1)=C2C#N. The van der Waals surface area contributed by atoms with E-state index in [1.807, 2.05) is 121 Å². The smallest absolute Gasteiger partial charge is 0.162 e. The predicted molar refractivity (Wildman–Crippen MR) is 275 cm³/mol. The molecule has 2 aromatic heterocycles. The minimum absolute atomic E-state index is 0.00502. The number of benzene rings is 6. The Morgan fingerprint density at radius 3 is 0.797 bits per heavy atom. The molecule has 0 fully saturated rings. The van der Waals surface area contributed by atoms with Gasteiger partial charge in [-0.1, -0.05) is 121 Å². The molecule has 12 nitrogen and oxygen atoms in total. The zero-order valence-electron chi connectivity index (χ0n) is 38.5. The lowest BCUT2D eigenvalue weighted by atomic mass is 9.85. The highest BCUT2D eigenvalue weighted by Gasteiger charge is 2.46. The van der Waals surface area contributed by atoms with E-state index in [0.29, 0.717) is 45.0 Å². The van der Waals surface area contributed by atoms with Gasteiger partial charge in [0, 0.05) is 55.7 Å². The summed E-state index contributed by atoms with van der Waals surface area (Å²) >= 11 is 0. The van der Waals surface area contributed by atoms with Crippen molar-refractivity contribution in [2.75, 3.05) is 0 Å². The molecule has 336 valence electrons. The Morgan fingerprint density at radius 1 is 0.297 bits per heavy atom. The summed E-state index contributed by atoms with van der Waals surface area (Å²) in [5.74, 6) is -0.0565. The molecule has 0 bridgehead atoms. The number of hydrogen-bond donors (Lipinski definition) is 0. The third-order valence-corrected chi connectivity index (χ3v) is 12.3. The number of aromatic nitrogens is 4. The minimum Gasteiger partial charge on any atom is -0.228 e. The largest absolute Gasteiger partial charge is 0.228 e. The van der Waals surface area contributed by atoms with Gasteiger partial charge < -0.3 is 0 Å². The molecule has 0 unspecified atom stereocenters. The van der Waals surface area contributed by atoms with Gasteiger partial charge in [-0.05, 0) is 59.7 Å². The Balaban J connectivity index is 1.41. The zero-order chi connectivity index (χ0) is 51.3. The second kappa shape index (κ2) is 19.6. The molecule has 0 amide bonds. The lowest BCUT2D eigenvalue weighted by molar-refractivity contribution is 1.12. The first kappa shape index (κ1) is 45.9. The van der Waals surface area contributed by atoms with E-state index in [0.717, 1.165) is 0 Å². The quantitative estimate of drug-likeness (QED) is 0.129. The van der Waals surface area contributed by atoms with Crippen molar-refractivity contribution in [1.29, 1.82) is 42.1 Å². The van der Waals surface area contributed by atoms with Crippen molar-refractivity contribution in [2.45, 2.75) is 0 Å². The number of nitriles is 8. The molecule has 0 atom stereocenters. The topological polar surface area (TPSA) is 242 Å². The van der Waals surface area contributed by atoms with Gasteiger partial charge >= 0.3 is 0 Å². The van der Waals surface area contributed by atoms with Crippen molar-refractivity contribution in [1.82, 2.24) is 19.9 Å². The minimum atomic E-state index is -0.157. The van der Waals surface area contributed by atoms with Crippen molar-refractivity contribution < 1.29 is 0 Å². The summed E-state index contributed by atoms with van der Waals surface area (Å²) in [6.45, 7) is 0. The summed E-state index contributed by atoms with van der Waals surface area (Å²) in [6, 6.07) is 66.9. The molecule has 0 aliphatic heterocycles. The molecule has 0 spiro atoms. The van der Waals surface area contributed by atoms with Crippen LogP contribution in [0, 0.1) is 90.6 Å². The van der Waals surface area contributed by atoms with Gasteiger partial charge in [0.15, 0.2) is 11.6 Å². The third-order valence-electron chi connectivity index (χ3n) is 12.3. The van der Waals surface area contributed by atoms with Crippen molar-refractivity contribution >= 4 is 22.3 Å². The summed E-state index contributed by atoms with van der Waals surface area (Å²) in [5, 5.41) is 87.6. The van der Waals surface area contributed by atoms with Crippen LogP contribution in [-0.2, 0) is 0 Å². The molecular weight excluding hydrogens is 913 g/mol. The van der Waals surface area contributed by atoms with E-state index in [4.69, 9.17) is 19.9 Å². The van der Waals surface area contributed by atoms with E-state index in [1.165, 1.54) is 36.4 Å². The van der Waals surface area contributed by atoms with Crippen molar-refractivity contribution in [3.63, 3.8) is 0 Å². The van der Waals surface area contributed by atoms with Crippen molar-refractivity contribution in [2.24, 2.45) is 0 Å². The van der Waals surface area contributed by atoms with Gasteiger partial charge in [0.05, 0.1) is 91.6 Å². The summed E-state index contributed by atoms with van der Waals surface area (Å²) < 4.78 is 0. The summed E-state index contributed by atoms with van der Waals surface area (Å²) in [4.78, 5) is 20.4. The Bertz CT molecular complexity index is 3780. The van der Waals surface area contributed by atoms with E-state index >= 15 is 0 Å². The second-order valence-electron chi connectivity index (χ2n) is 16.6. The molecule has 10 rings (SSSR count). The first-order valence-electron chi connectivity index (χ1n) is 22.6. The lowest BCUT2D eigenvalue weighted by Crippen LogP contribution is -2.07. The summed E-state index contributed by atoms with van der Waals surface area (Å²) in [6.07, 6.45) is 0. The highest BCUT2D eigenvalue weighted by atomic mass is 14.9. The number of nitrogens with zero attached hydrogens (tertiary/aromatic N) is 12. The van der Waals surface area contributed by atoms with Gasteiger partial charge in [-0.3, -0.25) is 0 Å². The Kier molecular flexibility index (Phi) is 12.1. The molecule has 0 N–H and O–H groups in total. The molecule has 12 heteroatoms. The first-order valence-corrected chi connectivity index (χ1v) is 22.6. The van der Waals surface area contributed by atoms with E-state index in [2.05, 4.69) is 48.6 Å². The van der Waals surface area contributed by atoms with Gasteiger partial charge in [-0.15, -0.1) is 0 Å². The molecule has 2 aliphatic rings. The predicted octanol–water partition coefficient (Wildman–Crippen LogP) is 12.0. The fourth-order valence-electron chi connectivity index (χ4n) is 9.15. The zero-order valence-corrected chi connectivity index (χ0v) is 38.5. The van der Waals surface area contributed by atoms with E-state index in [9.17, 15) is 42.1 Å². The highest BCUT2D eigenvalue weighted by Crippen LogP contribution is 2.59. The maximum Gasteiger partial charge on any atom is 0.162 e. The van der Waals surface area contributed by atoms with Crippen LogP contribution in [0.5, 0.6) is 0 Å². The first-order chi connectivity index (χ1) is 36.3. The number of hydrogen-bond acceptors (Lipinski definition) is 12. The van der Waals surface area contributed by atoms with E-state index in [-0.39, 0.29) is 101 Å². The van der Waals surface area contributed by atoms with Gasteiger partial charge in [-0.2, -0.15) is 42.1 Å². The van der Waals surface area contributed by atoms with Crippen molar-refractivity contribution in [3.8, 4) is 93.6 Å². The molecule has 0 saturated carbocycles. The fourth-order valence-corrected chi connectivity index (χ4v) is 9.15. The van der Waals surface area contributed by atoms with E-state index < -0.39 is 0 Å². The van der Waals surface area contributed by atoms with Crippen LogP contribution in [-0.4, -0.2) is 19.9 Å². The van der Waals surface area contributed by atoms with E-state index in [1.54, 1.807) is 12.1 Å². The molecule has 2 heterocycles. The molecule has 0 radical (unpaired) electrons. The molecule has 6 aromatic carbocycles. The van der Waals surface area contributed by atoms with Crippen LogP contribution in [0.3, 0.4) is 0 Å². The maximum atomic E-state index is 11.8. The fraction of sp³-hybridized carbons (Fsp3) is 0. The van der Waals surface area contributed by atoms with Crippen LogP contribution in [0.25, 0.3) is 67.3 Å². The monoisotopic (exact) mass is 940 g/mol. The van der Waals surface area contributed by atoms with Crippen LogP contribution >= 0.6 is 0 Å². The Hall–Kier alpha value is -11.9. The van der Waals surface area contributed by atoms with Crippen LogP contribution in [0.15, 0.2) is 203 Å². The molecular formula is C62H28N12. The standard InChI is InChI=1S/C62H28N12/c63-29-37-21-38(30-64)24-45(23-37)47(33-67)55-58-50(36-70)60(62-73-53(43-17-9-3-10-18-43)28-54(74-62)44-19-11-4-12-20-44)56(48(34-68)46-25-39(31-65)22-40(26-46)32-66)57(58)49(35-69)59(55)61-71-51(41-13-5-1-6-14-41)27-52(72-61)42-15-7-2-8-16-42/h1-28H/b55-47+,56-48+.